The van der Waals surface area contributed by atoms with E-state index in [1.54, 1.807) is 12.1 Å². The Morgan fingerprint density at radius 2 is 1.72 bits per heavy atom. The number of hydrogen-bond acceptors (Lipinski definition) is 5. The molecule has 0 atom stereocenters. The highest BCUT2D eigenvalue weighted by molar-refractivity contribution is 5.94. The Morgan fingerprint density at radius 3 is 2.28 bits per heavy atom. The van der Waals surface area contributed by atoms with Crippen LogP contribution in [-0.2, 0) is 22.2 Å². The van der Waals surface area contributed by atoms with Crippen molar-refractivity contribution >= 4 is 17.7 Å². The third-order valence-corrected chi connectivity index (χ3v) is 5.03. The SMILES string of the molecule is COC(=O)c1ccc(CN(C(=O)N2CCOCC2)c2cc(C(F)(F)F)ccc2OC)cc1. The number of ether oxygens (including phenoxy) is 3. The summed E-state index contributed by atoms with van der Waals surface area (Å²) in [6.07, 6.45) is -4.59. The fourth-order valence-corrected chi connectivity index (χ4v) is 3.31. The van der Waals surface area contributed by atoms with Gasteiger partial charge in [-0.25, -0.2) is 9.59 Å². The molecule has 2 aromatic rings. The average molecular weight is 452 g/mol. The first-order valence-corrected chi connectivity index (χ1v) is 9.81. The van der Waals surface area contributed by atoms with E-state index < -0.39 is 23.7 Å². The van der Waals surface area contributed by atoms with Crippen LogP contribution in [0.1, 0.15) is 21.5 Å². The van der Waals surface area contributed by atoms with Crippen LogP contribution >= 0.6 is 0 Å². The molecule has 1 fully saturated rings. The van der Waals surface area contributed by atoms with Crippen LogP contribution in [-0.4, -0.2) is 57.4 Å². The average Bonchev–Trinajstić information content (AvgIpc) is 2.81. The Kier molecular flexibility index (Phi) is 7.24. The van der Waals surface area contributed by atoms with Gasteiger partial charge in [0.25, 0.3) is 0 Å². The summed E-state index contributed by atoms with van der Waals surface area (Å²) in [6, 6.07) is 8.83. The lowest BCUT2D eigenvalue weighted by atomic mass is 10.1. The molecule has 1 aliphatic rings. The summed E-state index contributed by atoms with van der Waals surface area (Å²) in [5, 5.41) is 0. The number of amides is 2. The number of urea groups is 1. The van der Waals surface area contributed by atoms with Crippen molar-refractivity contribution in [3.63, 3.8) is 0 Å². The molecule has 0 spiro atoms. The van der Waals surface area contributed by atoms with Gasteiger partial charge in [-0.15, -0.1) is 0 Å². The topological polar surface area (TPSA) is 68.3 Å². The summed E-state index contributed by atoms with van der Waals surface area (Å²) in [5.74, 6) is -0.386. The molecule has 0 unspecified atom stereocenters. The normalized spacial score (nSPS) is 14.1. The third kappa shape index (κ3) is 5.31. The summed E-state index contributed by atoms with van der Waals surface area (Å²) < 4.78 is 55.4. The van der Waals surface area contributed by atoms with Crippen LogP contribution in [0, 0.1) is 0 Å². The van der Waals surface area contributed by atoms with E-state index in [-0.39, 0.29) is 18.0 Å². The molecule has 2 aromatic carbocycles. The predicted molar refractivity (Wildman–Crippen MR) is 110 cm³/mol. The number of carbonyl (C=O) groups excluding carboxylic acids is 2. The van der Waals surface area contributed by atoms with Crippen molar-refractivity contribution < 1.29 is 37.0 Å². The molecular formula is C22H23F3N2O5. The van der Waals surface area contributed by atoms with Gasteiger partial charge in [-0.05, 0) is 35.9 Å². The summed E-state index contributed by atoms with van der Waals surface area (Å²) in [6.45, 7) is 1.28. The van der Waals surface area contributed by atoms with Crippen LogP contribution in [0.25, 0.3) is 0 Å². The lowest BCUT2D eigenvalue weighted by Crippen LogP contribution is -2.48. The Morgan fingerprint density at radius 1 is 1.06 bits per heavy atom. The number of anilines is 1. The minimum Gasteiger partial charge on any atom is -0.495 e. The van der Waals surface area contributed by atoms with E-state index >= 15 is 0 Å². The fourth-order valence-electron chi connectivity index (χ4n) is 3.31. The summed E-state index contributed by atoms with van der Waals surface area (Å²) in [5.41, 5.74) is 0.0302. The highest BCUT2D eigenvalue weighted by Crippen LogP contribution is 2.37. The Labute approximate surface area is 183 Å². The molecule has 1 aliphatic heterocycles. The third-order valence-electron chi connectivity index (χ3n) is 5.03. The largest absolute Gasteiger partial charge is 0.495 e. The van der Waals surface area contributed by atoms with Gasteiger partial charge in [0.15, 0.2) is 0 Å². The Hall–Kier alpha value is -3.27. The molecule has 1 saturated heterocycles. The lowest BCUT2D eigenvalue weighted by Gasteiger charge is -2.34. The summed E-state index contributed by atoms with van der Waals surface area (Å²) in [7, 11) is 2.59. The molecule has 1 heterocycles. The highest BCUT2D eigenvalue weighted by Gasteiger charge is 2.33. The first-order valence-electron chi connectivity index (χ1n) is 9.81. The van der Waals surface area contributed by atoms with Gasteiger partial charge in [0.05, 0.1) is 50.8 Å². The first kappa shape index (κ1) is 23.4. The van der Waals surface area contributed by atoms with Crippen molar-refractivity contribution in [2.45, 2.75) is 12.7 Å². The van der Waals surface area contributed by atoms with Crippen molar-refractivity contribution in [1.29, 1.82) is 0 Å². The van der Waals surface area contributed by atoms with Crippen LogP contribution in [0.4, 0.5) is 23.7 Å². The minimum absolute atomic E-state index is 0.00383. The Balaban J connectivity index is 2.01. The maximum absolute atomic E-state index is 13.4. The predicted octanol–water partition coefficient (Wildman–Crippen LogP) is 3.96. The second kappa shape index (κ2) is 9.90. The lowest BCUT2D eigenvalue weighted by molar-refractivity contribution is -0.137. The fraction of sp³-hybridized carbons (Fsp3) is 0.364. The molecule has 0 saturated carbocycles. The number of halogens is 3. The molecule has 10 heteroatoms. The van der Waals surface area contributed by atoms with Gasteiger partial charge >= 0.3 is 18.2 Å². The van der Waals surface area contributed by atoms with E-state index in [1.165, 1.54) is 42.2 Å². The second-order valence-electron chi connectivity index (χ2n) is 7.04. The van der Waals surface area contributed by atoms with Crippen LogP contribution < -0.4 is 9.64 Å². The standard InChI is InChI=1S/C22H23F3N2O5/c1-30-19-8-7-17(22(23,24)25)13-18(19)27(21(29)26-9-11-32-12-10-26)14-15-3-5-16(6-4-15)20(28)31-2/h3-8,13H,9-12,14H2,1-2H3. The maximum atomic E-state index is 13.4. The maximum Gasteiger partial charge on any atom is 0.416 e. The van der Waals surface area contributed by atoms with E-state index in [9.17, 15) is 22.8 Å². The first-order chi connectivity index (χ1) is 15.2. The van der Waals surface area contributed by atoms with E-state index in [2.05, 4.69) is 4.74 Å². The number of rotatable bonds is 5. The van der Waals surface area contributed by atoms with Gasteiger partial charge in [0.2, 0.25) is 0 Å². The van der Waals surface area contributed by atoms with E-state index in [0.29, 0.717) is 37.4 Å². The number of esters is 1. The number of nitrogens with zero attached hydrogens (tertiary/aromatic N) is 2. The van der Waals surface area contributed by atoms with Crippen molar-refractivity contribution in [3.8, 4) is 5.75 Å². The zero-order chi connectivity index (χ0) is 23.3. The molecule has 0 aromatic heterocycles. The van der Waals surface area contributed by atoms with Crippen molar-refractivity contribution in [2.24, 2.45) is 0 Å². The second-order valence-corrected chi connectivity index (χ2v) is 7.04. The molecule has 3 rings (SSSR count). The monoisotopic (exact) mass is 452 g/mol. The molecule has 2 amide bonds. The van der Waals surface area contributed by atoms with E-state index in [4.69, 9.17) is 9.47 Å². The molecule has 0 radical (unpaired) electrons. The quantitative estimate of drug-likeness (QED) is 0.643. The van der Waals surface area contributed by atoms with Gasteiger partial charge in [-0.3, -0.25) is 4.90 Å². The Bertz CT molecular complexity index is 957. The van der Waals surface area contributed by atoms with Crippen LogP contribution in [0.15, 0.2) is 42.5 Å². The van der Waals surface area contributed by atoms with Gasteiger partial charge < -0.3 is 19.1 Å². The molecule has 32 heavy (non-hydrogen) atoms. The molecule has 0 N–H and O–H groups in total. The van der Waals surface area contributed by atoms with Crippen LogP contribution in [0.2, 0.25) is 0 Å². The number of carbonyl (C=O) groups is 2. The van der Waals surface area contributed by atoms with Crippen molar-refractivity contribution in [2.75, 3.05) is 45.4 Å². The van der Waals surface area contributed by atoms with Gasteiger partial charge in [-0.2, -0.15) is 13.2 Å². The van der Waals surface area contributed by atoms with Crippen molar-refractivity contribution in [3.05, 3.63) is 59.2 Å². The van der Waals surface area contributed by atoms with Gasteiger partial charge in [-0.1, -0.05) is 12.1 Å². The number of alkyl halides is 3. The van der Waals surface area contributed by atoms with Gasteiger partial charge in [0, 0.05) is 13.1 Å². The smallest absolute Gasteiger partial charge is 0.416 e. The number of benzene rings is 2. The summed E-state index contributed by atoms with van der Waals surface area (Å²) >= 11 is 0. The van der Waals surface area contributed by atoms with Crippen LogP contribution in [0.3, 0.4) is 0 Å². The molecule has 7 nitrogen and oxygen atoms in total. The number of hydrogen-bond donors (Lipinski definition) is 0. The minimum atomic E-state index is -4.59. The number of methoxy groups -OCH3 is 2. The molecule has 172 valence electrons. The zero-order valence-electron chi connectivity index (χ0n) is 17.6. The highest BCUT2D eigenvalue weighted by atomic mass is 19.4. The molecule has 0 bridgehead atoms. The van der Waals surface area contributed by atoms with E-state index in [1.807, 2.05) is 0 Å². The number of morpholine rings is 1. The van der Waals surface area contributed by atoms with Crippen LogP contribution in [0.5, 0.6) is 5.75 Å². The summed E-state index contributed by atoms with van der Waals surface area (Å²) in [4.78, 5) is 27.8. The van der Waals surface area contributed by atoms with Gasteiger partial charge in [0.1, 0.15) is 5.75 Å². The van der Waals surface area contributed by atoms with E-state index in [0.717, 1.165) is 12.1 Å². The van der Waals surface area contributed by atoms with Crippen molar-refractivity contribution in [1.82, 2.24) is 4.90 Å². The molecule has 0 aliphatic carbocycles. The zero-order valence-corrected chi connectivity index (χ0v) is 17.6. The molecular weight excluding hydrogens is 429 g/mol.